The second kappa shape index (κ2) is 16.3. The number of carboxylic acids is 2. The Balaban J connectivity index is 0.00000384. The number of nitrogen functional groups attached to an aromatic ring is 1. The summed E-state index contributed by atoms with van der Waals surface area (Å²) >= 11 is 2.09. The minimum Gasteiger partial charge on any atom is -0.869 e. The van der Waals surface area contributed by atoms with Gasteiger partial charge in [0.1, 0.15) is 29.4 Å². The Bertz CT molecular complexity index is 1750. The summed E-state index contributed by atoms with van der Waals surface area (Å²) in [5.74, 6) is -6.31. The van der Waals surface area contributed by atoms with Crippen LogP contribution in [0.5, 0.6) is 5.75 Å². The molecule has 0 radical (unpaired) electrons. The van der Waals surface area contributed by atoms with Gasteiger partial charge in [-0.1, -0.05) is 11.2 Å². The zero-order chi connectivity index (χ0) is 33.2. The Hall–Kier alpha value is -3.17. The summed E-state index contributed by atoms with van der Waals surface area (Å²) in [5.41, 5.74) is 2.23. The van der Waals surface area contributed by atoms with Gasteiger partial charge in [-0.05, 0) is 31.2 Å². The molecule has 4 heterocycles. The number of β-lactam (4-membered cyclic amide) rings is 1. The van der Waals surface area contributed by atoms with Gasteiger partial charge in [-0.25, -0.2) is 9.78 Å². The van der Waals surface area contributed by atoms with Crippen LogP contribution in [0.2, 0.25) is 0 Å². The quantitative estimate of drug-likeness (QED) is 0.0645. The molecule has 17 nitrogen and oxygen atoms in total. The van der Waals surface area contributed by atoms with Gasteiger partial charge in [-0.2, -0.15) is 0 Å². The largest absolute Gasteiger partial charge is 1.00 e. The number of ether oxygens (including phenoxy) is 1. The molecule has 21 heteroatoms. The van der Waals surface area contributed by atoms with E-state index in [9.17, 15) is 44.1 Å². The molecular formula is C26H24N6Na2O11S2. The number of carbonyl (C=O) groups excluding carboxylic acids is 4. The summed E-state index contributed by atoms with van der Waals surface area (Å²) in [6.07, 6.45) is 3.58. The molecule has 0 unspecified atom stereocenters. The van der Waals surface area contributed by atoms with Gasteiger partial charge in [-0.15, -0.1) is 23.1 Å². The number of nitrogens with one attached hydrogen (secondary N) is 1. The van der Waals surface area contributed by atoms with Crippen LogP contribution >= 0.6 is 23.1 Å². The van der Waals surface area contributed by atoms with Gasteiger partial charge >= 0.3 is 71.1 Å². The molecule has 2 atom stereocenters. The molecular weight excluding hydrogens is 682 g/mol. The maximum atomic E-state index is 13.2. The molecule has 4 N–H and O–H groups in total. The molecule has 2 aromatic heterocycles. The number of carboxylic acid groups (broad SMARTS) is 2. The first kappa shape index (κ1) is 40.0. The molecule has 0 aliphatic carbocycles. The van der Waals surface area contributed by atoms with Gasteiger partial charge in [0.2, 0.25) is 0 Å². The second-order valence-electron chi connectivity index (χ2n) is 9.90. The van der Waals surface area contributed by atoms with Crippen LogP contribution in [-0.2, 0) is 40.1 Å². The fourth-order valence-corrected chi connectivity index (χ4v) is 5.88. The minimum atomic E-state index is -1.93. The van der Waals surface area contributed by atoms with E-state index in [0.29, 0.717) is 0 Å². The van der Waals surface area contributed by atoms with E-state index in [1.807, 2.05) is 0 Å². The number of esters is 1. The number of pyridine rings is 1. The Morgan fingerprint density at radius 1 is 1.26 bits per heavy atom. The molecule has 2 aliphatic heterocycles. The van der Waals surface area contributed by atoms with Crippen LogP contribution in [-0.4, -0.2) is 84.9 Å². The summed E-state index contributed by atoms with van der Waals surface area (Å²) < 4.78 is 5.77. The molecule has 0 aromatic carbocycles. The Labute approximate surface area is 318 Å². The molecule has 1 saturated heterocycles. The van der Waals surface area contributed by atoms with E-state index in [1.54, 1.807) is 0 Å². The number of amides is 2. The Kier molecular flexibility index (Phi) is 13.9. The summed E-state index contributed by atoms with van der Waals surface area (Å²) in [6, 6.07) is -0.220. The van der Waals surface area contributed by atoms with Crippen LogP contribution in [0.15, 0.2) is 44.9 Å². The van der Waals surface area contributed by atoms with Crippen LogP contribution in [0.25, 0.3) is 6.08 Å². The number of oxime groups is 1. The number of hydrogen-bond donors (Lipinski definition) is 3. The van der Waals surface area contributed by atoms with E-state index in [2.05, 4.69) is 20.2 Å². The molecule has 0 spiro atoms. The van der Waals surface area contributed by atoms with Crippen LogP contribution in [0.3, 0.4) is 0 Å². The summed E-state index contributed by atoms with van der Waals surface area (Å²) in [6.45, 7) is 1.89. The van der Waals surface area contributed by atoms with Crippen molar-refractivity contribution in [3.8, 4) is 5.75 Å². The van der Waals surface area contributed by atoms with Crippen molar-refractivity contribution in [1.29, 1.82) is 0 Å². The van der Waals surface area contributed by atoms with Crippen LogP contribution in [0, 0.1) is 0 Å². The van der Waals surface area contributed by atoms with Crippen molar-refractivity contribution in [2.24, 2.45) is 5.16 Å². The van der Waals surface area contributed by atoms with E-state index < -0.39 is 70.2 Å². The third kappa shape index (κ3) is 8.85. The first-order chi connectivity index (χ1) is 21.1. The number of aromatic nitrogens is 2. The first-order valence-corrected chi connectivity index (χ1v) is 14.6. The zero-order valence-corrected chi connectivity index (χ0v) is 31.3. The van der Waals surface area contributed by atoms with Gasteiger partial charge in [0.05, 0.1) is 13.1 Å². The van der Waals surface area contributed by atoms with E-state index >= 15 is 0 Å². The van der Waals surface area contributed by atoms with Crippen LogP contribution < -0.4 is 85.8 Å². The number of rotatable bonds is 11. The van der Waals surface area contributed by atoms with Crippen molar-refractivity contribution >= 4 is 69.7 Å². The predicted molar refractivity (Wildman–Crippen MR) is 154 cm³/mol. The number of thioether (sulfide) groups is 1. The molecule has 2 aliphatic rings. The van der Waals surface area contributed by atoms with E-state index in [0.717, 1.165) is 61.2 Å². The monoisotopic (exact) mass is 706 g/mol. The molecule has 1 fully saturated rings. The smallest absolute Gasteiger partial charge is 0.869 e. The number of methoxy groups -OCH3 is 1. The van der Waals surface area contributed by atoms with Gasteiger partial charge in [0, 0.05) is 29.1 Å². The number of nitrogens with two attached hydrogens (primary N) is 1. The molecule has 47 heavy (non-hydrogen) atoms. The van der Waals surface area contributed by atoms with Crippen molar-refractivity contribution < 1.29 is 108 Å². The van der Waals surface area contributed by atoms with Gasteiger partial charge in [0.15, 0.2) is 21.9 Å². The molecule has 0 bridgehead atoms. The van der Waals surface area contributed by atoms with E-state index in [4.69, 9.17) is 10.6 Å². The van der Waals surface area contributed by atoms with Crippen molar-refractivity contribution in [3.63, 3.8) is 0 Å². The predicted octanol–water partition coefficient (Wildman–Crippen LogP) is -8.16. The average Bonchev–Trinajstić information content (AvgIpc) is 3.41. The number of hydrogen-bond acceptors (Lipinski definition) is 15. The molecule has 4 rings (SSSR count). The number of fused-ring (bicyclic) bond motifs is 1. The standard InChI is InChI=1S/C26H26N6O11S2.2Na/c1-26(2,24(40)41)43-30-17(13-10-45-25(27)28-13)20(36)29-18-21(37)32-19(23(38)39)11(9-44-22(18)32)4-5-12-6-14(33)15(34)7-31(12)8-16(35)42-3;;/h4-7,10,18,22,34H,8-9H2,1-3H3,(H2,27,28)(H,29,36)(H,38,39)(H,40,41);;/q;2*+1/p-2/b5-4+,30-17+;;/t18-,22-;;/m1../s1. The molecule has 0 saturated carbocycles. The number of allylic oxidation sites excluding steroid dienone is 1. The fourth-order valence-electron chi connectivity index (χ4n) is 4.02. The SMILES string of the molecule is COC(=O)Cn1cc([O-])c(=O)cc1/C=C/C1=C(C(=O)O)N2C(=O)[C@@H](NC(=O)/C(=N/OC(C)(C)C(=O)[O-])c3csc(N)n3)[C@H]2SC1.[Na+].[Na+]. The summed E-state index contributed by atoms with van der Waals surface area (Å²) in [5, 5.41) is 39.9. The third-order valence-electron chi connectivity index (χ3n) is 6.43. The molecule has 2 aromatic rings. The van der Waals surface area contributed by atoms with Crippen molar-refractivity contribution in [2.75, 3.05) is 18.6 Å². The Morgan fingerprint density at radius 3 is 2.51 bits per heavy atom. The van der Waals surface area contributed by atoms with Gasteiger partial charge in [-0.3, -0.25) is 24.1 Å². The van der Waals surface area contributed by atoms with Crippen LogP contribution in [0.1, 0.15) is 25.2 Å². The zero-order valence-electron chi connectivity index (χ0n) is 25.7. The van der Waals surface area contributed by atoms with Crippen molar-refractivity contribution in [3.05, 3.63) is 56.6 Å². The number of anilines is 1. The average molecular weight is 707 g/mol. The van der Waals surface area contributed by atoms with E-state index in [1.165, 1.54) is 22.1 Å². The number of nitrogens with zero attached hydrogens (tertiary/aromatic N) is 4. The fraction of sp³-hybridized carbons (Fsp3) is 0.308. The Morgan fingerprint density at radius 2 is 1.94 bits per heavy atom. The summed E-state index contributed by atoms with van der Waals surface area (Å²) in [4.78, 5) is 83.7. The maximum Gasteiger partial charge on any atom is 1.00 e. The van der Waals surface area contributed by atoms with Crippen LogP contribution in [0.4, 0.5) is 5.13 Å². The van der Waals surface area contributed by atoms with Crippen molar-refractivity contribution in [2.45, 2.75) is 37.4 Å². The van der Waals surface area contributed by atoms with Gasteiger partial charge < -0.3 is 45.3 Å². The second-order valence-corrected chi connectivity index (χ2v) is 11.9. The number of thiazole rings is 1. The maximum absolute atomic E-state index is 13.2. The third-order valence-corrected chi connectivity index (χ3v) is 8.41. The molecule has 238 valence electrons. The topological polar surface area (TPSA) is 259 Å². The number of aliphatic carboxylic acids is 2. The molecule has 2 amide bonds. The normalized spacial score (nSPS) is 17.6. The number of carbonyl (C=O) groups is 5. The minimum absolute atomic E-state index is 0. The first-order valence-electron chi connectivity index (χ1n) is 12.7. The van der Waals surface area contributed by atoms with E-state index in [-0.39, 0.29) is 92.7 Å². The van der Waals surface area contributed by atoms with Crippen molar-refractivity contribution in [1.82, 2.24) is 19.8 Å². The van der Waals surface area contributed by atoms with Gasteiger partial charge in [0.25, 0.3) is 11.8 Å². The summed E-state index contributed by atoms with van der Waals surface area (Å²) in [7, 11) is 1.14.